The van der Waals surface area contributed by atoms with Gasteiger partial charge in [-0.1, -0.05) is 25.3 Å². The normalized spacial score (nSPS) is 18.5. The lowest BCUT2D eigenvalue weighted by molar-refractivity contribution is -0.125. The molecule has 1 aliphatic carbocycles. The van der Waals surface area contributed by atoms with Crippen molar-refractivity contribution in [1.82, 2.24) is 5.32 Å². The number of benzene rings is 1. The monoisotopic (exact) mass is 318 g/mol. The fraction of sp³-hybridized carbons (Fsp3) is 0.529. The van der Waals surface area contributed by atoms with Gasteiger partial charge in [-0.25, -0.2) is 0 Å². The molecule has 0 radical (unpaired) electrons. The second-order valence-electron chi connectivity index (χ2n) is 6.04. The molecule has 1 saturated carbocycles. The Labute approximate surface area is 135 Å². The van der Waals surface area contributed by atoms with Gasteiger partial charge in [0.2, 0.25) is 11.8 Å². The number of carbonyl (C=O) groups excluding carboxylic acids is 2. The van der Waals surface area contributed by atoms with Crippen LogP contribution in [-0.2, 0) is 16.0 Å². The number of nitrogens with one attached hydrogen (secondary N) is 2. The molecule has 1 aliphatic heterocycles. The van der Waals surface area contributed by atoms with Gasteiger partial charge in [0, 0.05) is 17.4 Å². The standard InChI is InChI=1S/C17H22N2O2S/c20-16-11-22-15-7-6-12(10-14(15)19-16)8-9-18-17(21)13-4-2-1-3-5-13/h6-7,10,13H,1-5,8-9,11H2,(H,18,21)(H,19,20). The third kappa shape index (κ3) is 3.83. The Balaban J connectivity index is 1.50. The van der Waals surface area contributed by atoms with E-state index >= 15 is 0 Å². The Morgan fingerprint density at radius 3 is 2.91 bits per heavy atom. The fourth-order valence-corrected chi connectivity index (χ4v) is 3.91. The SMILES string of the molecule is O=C1CSc2ccc(CCNC(=O)C3CCCCC3)cc2N1. The average molecular weight is 318 g/mol. The van der Waals surface area contributed by atoms with Gasteiger partial charge in [-0.15, -0.1) is 11.8 Å². The predicted octanol–water partition coefficient (Wildman–Crippen LogP) is 2.97. The molecule has 4 nitrogen and oxygen atoms in total. The van der Waals surface area contributed by atoms with Crippen LogP contribution in [0, 0.1) is 5.92 Å². The number of amides is 2. The van der Waals surface area contributed by atoms with Crippen molar-refractivity contribution >= 4 is 29.3 Å². The van der Waals surface area contributed by atoms with Gasteiger partial charge in [0.15, 0.2) is 0 Å². The molecule has 5 heteroatoms. The van der Waals surface area contributed by atoms with Gasteiger partial charge in [0.05, 0.1) is 11.4 Å². The van der Waals surface area contributed by atoms with Crippen molar-refractivity contribution in [3.05, 3.63) is 23.8 Å². The number of anilines is 1. The Kier molecular flexibility index (Phi) is 5.03. The van der Waals surface area contributed by atoms with Crippen LogP contribution in [0.2, 0.25) is 0 Å². The van der Waals surface area contributed by atoms with Crippen LogP contribution in [0.3, 0.4) is 0 Å². The van der Waals surface area contributed by atoms with Crippen molar-refractivity contribution in [3.63, 3.8) is 0 Å². The molecule has 0 bridgehead atoms. The minimum Gasteiger partial charge on any atom is -0.356 e. The van der Waals surface area contributed by atoms with Crippen LogP contribution in [-0.4, -0.2) is 24.1 Å². The highest BCUT2D eigenvalue weighted by atomic mass is 32.2. The molecule has 2 amide bonds. The van der Waals surface area contributed by atoms with E-state index in [1.807, 2.05) is 6.07 Å². The summed E-state index contributed by atoms with van der Waals surface area (Å²) >= 11 is 1.57. The lowest BCUT2D eigenvalue weighted by Gasteiger charge is -2.21. The van der Waals surface area contributed by atoms with Gasteiger partial charge < -0.3 is 10.6 Å². The highest BCUT2D eigenvalue weighted by Crippen LogP contribution is 2.32. The highest BCUT2D eigenvalue weighted by molar-refractivity contribution is 8.00. The summed E-state index contributed by atoms with van der Waals surface area (Å²) in [5.41, 5.74) is 2.04. The minimum atomic E-state index is 0.0558. The second kappa shape index (κ2) is 7.18. The molecule has 0 saturated heterocycles. The maximum Gasteiger partial charge on any atom is 0.234 e. The van der Waals surface area contributed by atoms with E-state index in [1.54, 1.807) is 11.8 Å². The second-order valence-corrected chi connectivity index (χ2v) is 7.06. The number of carbonyl (C=O) groups is 2. The molecule has 118 valence electrons. The first kappa shape index (κ1) is 15.4. The largest absolute Gasteiger partial charge is 0.356 e. The lowest BCUT2D eigenvalue weighted by atomic mass is 9.88. The highest BCUT2D eigenvalue weighted by Gasteiger charge is 2.20. The third-order valence-electron chi connectivity index (χ3n) is 4.37. The molecule has 2 aliphatic rings. The van der Waals surface area contributed by atoms with Crippen molar-refractivity contribution in [2.75, 3.05) is 17.6 Å². The number of hydrogen-bond donors (Lipinski definition) is 2. The number of thioether (sulfide) groups is 1. The zero-order chi connectivity index (χ0) is 15.4. The quantitative estimate of drug-likeness (QED) is 0.897. The van der Waals surface area contributed by atoms with Gasteiger partial charge in [0.25, 0.3) is 0 Å². The first-order valence-corrected chi connectivity index (χ1v) is 9.04. The number of rotatable bonds is 4. The molecule has 1 aromatic rings. The molecule has 2 N–H and O–H groups in total. The van der Waals surface area contributed by atoms with Crippen LogP contribution < -0.4 is 10.6 Å². The van der Waals surface area contributed by atoms with E-state index in [-0.39, 0.29) is 17.7 Å². The Morgan fingerprint density at radius 1 is 1.27 bits per heavy atom. The summed E-state index contributed by atoms with van der Waals surface area (Å²) < 4.78 is 0. The Morgan fingerprint density at radius 2 is 2.09 bits per heavy atom. The van der Waals surface area contributed by atoms with E-state index in [1.165, 1.54) is 19.3 Å². The summed E-state index contributed by atoms with van der Waals surface area (Å²) in [4.78, 5) is 24.6. The summed E-state index contributed by atoms with van der Waals surface area (Å²) in [6.45, 7) is 0.662. The van der Waals surface area contributed by atoms with E-state index in [2.05, 4.69) is 22.8 Å². The minimum absolute atomic E-state index is 0.0558. The van der Waals surface area contributed by atoms with Gasteiger partial charge >= 0.3 is 0 Å². The van der Waals surface area contributed by atoms with Crippen LogP contribution in [0.4, 0.5) is 5.69 Å². The third-order valence-corrected chi connectivity index (χ3v) is 5.44. The van der Waals surface area contributed by atoms with Crippen LogP contribution >= 0.6 is 11.8 Å². The van der Waals surface area contributed by atoms with E-state index in [0.717, 1.165) is 35.4 Å². The van der Waals surface area contributed by atoms with Gasteiger partial charge in [-0.05, 0) is 37.0 Å². The smallest absolute Gasteiger partial charge is 0.234 e. The lowest BCUT2D eigenvalue weighted by Crippen LogP contribution is -2.33. The van der Waals surface area contributed by atoms with E-state index in [0.29, 0.717) is 12.3 Å². The Hall–Kier alpha value is -1.49. The van der Waals surface area contributed by atoms with Gasteiger partial charge in [0.1, 0.15) is 0 Å². The topological polar surface area (TPSA) is 58.2 Å². The van der Waals surface area contributed by atoms with E-state index < -0.39 is 0 Å². The van der Waals surface area contributed by atoms with Crippen molar-refractivity contribution in [2.45, 2.75) is 43.4 Å². The first-order valence-electron chi connectivity index (χ1n) is 8.05. The zero-order valence-corrected chi connectivity index (χ0v) is 13.5. The summed E-state index contributed by atoms with van der Waals surface area (Å²) in [5, 5.41) is 5.96. The van der Waals surface area contributed by atoms with Gasteiger partial charge in [-0.3, -0.25) is 9.59 Å². The van der Waals surface area contributed by atoms with Crippen molar-refractivity contribution < 1.29 is 9.59 Å². The zero-order valence-electron chi connectivity index (χ0n) is 12.7. The maximum absolute atomic E-state index is 12.1. The van der Waals surface area contributed by atoms with Crippen LogP contribution in [0.1, 0.15) is 37.7 Å². The van der Waals surface area contributed by atoms with E-state index in [9.17, 15) is 9.59 Å². The molecule has 1 heterocycles. The summed E-state index contributed by atoms with van der Waals surface area (Å²) in [5.74, 6) is 0.971. The number of fused-ring (bicyclic) bond motifs is 1. The molecule has 0 atom stereocenters. The molecular formula is C17H22N2O2S. The first-order chi connectivity index (χ1) is 10.7. The Bertz CT molecular complexity index is 568. The summed E-state index contributed by atoms with van der Waals surface area (Å²) in [6, 6.07) is 6.15. The maximum atomic E-state index is 12.1. The van der Waals surface area contributed by atoms with Crippen molar-refractivity contribution in [3.8, 4) is 0 Å². The molecular weight excluding hydrogens is 296 g/mol. The summed E-state index contributed by atoms with van der Waals surface area (Å²) in [7, 11) is 0. The molecule has 1 aromatic carbocycles. The number of hydrogen-bond acceptors (Lipinski definition) is 3. The molecule has 0 aromatic heterocycles. The van der Waals surface area contributed by atoms with Crippen molar-refractivity contribution in [2.24, 2.45) is 5.92 Å². The van der Waals surface area contributed by atoms with Crippen LogP contribution in [0.15, 0.2) is 23.1 Å². The summed E-state index contributed by atoms with van der Waals surface area (Å²) in [6.07, 6.45) is 6.50. The van der Waals surface area contributed by atoms with Gasteiger partial charge in [-0.2, -0.15) is 0 Å². The average Bonchev–Trinajstić information content (AvgIpc) is 2.55. The predicted molar refractivity (Wildman–Crippen MR) is 89.1 cm³/mol. The van der Waals surface area contributed by atoms with Crippen LogP contribution in [0.5, 0.6) is 0 Å². The molecule has 0 unspecified atom stereocenters. The molecule has 0 spiro atoms. The fourth-order valence-electron chi connectivity index (χ4n) is 3.12. The van der Waals surface area contributed by atoms with Crippen LogP contribution in [0.25, 0.3) is 0 Å². The molecule has 3 rings (SSSR count). The van der Waals surface area contributed by atoms with Crippen molar-refractivity contribution in [1.29, 1.82) is 0 Å². The molecule has 22 heavy (non-hydrogen) atoms. The molecule has 1 fully saturated rings. The van der Waals surface area contributed by atoms with E-state index in [4.69, 9.17) is 0 Å².